The molecule has 1 aliphatic heterocycles. The first-order chi connectivity index (χ1) is 8.79. The van der Waals surface area contributed by atoms with Crippen molar-refractivity contribution in [3.05, 3.63) is 35.1 Å². The molecule has 1 saturated heterocycles. The quantitative estimate of drug-likeness (QED) is 0.888. The lowest BCUT2D eigenvalue weighted by atomic mass is 9.99. The number of benzene rings is 1. The molecule has 0 aliphatic carbocycles. The number of rotatable bonds is 4. The Morgan fingerprint density at radius 2 is 2.17 bits per heavy atom. The Bertz CT molecular complexity index is 436. The first-order valence-electron chi connectivity index (χ1n) is 6.26. The van der Waals surface area contributed by atoms with Crippen molar-refractivity contribution in [3.63, 3.8) is 0 Å². The van der Waals surface area contributed by atoms with Gasteiger partial charge in [-0.15, -0.1) is 0 Å². The third kappa shape index (κ3) is 3.52. The molecule has 0 atom stereocenters. The minimum absolute atomic E-state index is 0.310. The Labute approximate surface area is 107 Å². The summed E-state index contributed by atoms with van der Waals surface area (Å²) in [7, 11) is 0. The highest BCUT2D eigenvalue weighted by atomic mass is 19.1. The zero-order chi connectivity index (χ0) is 12.8. The van der Waals surface area contributed by atoms with Crippen molar-refractivity contribution in [1.82, 2.24) is 5.32 Å². The van der Waals surface area contributed by atoms with Crippen molar-refractivity contribution >= 4 is 0 Å². The van der Waals surface area contributed by atoms with Crippen molar-refractivity contribution < 1.29 is 9.13 Å². The first kappa shape index (κ1) is 13.0. The van der Waals surface area contributed by atoms with Gasteiger partial charge in [0.2, 0.25) is 0 Å². The molecule has 4 heteroatoms. The van der Waals surface area contributed by atoms with Gasteiger partial charge in [-0.2, -0.15) is 5.26 Å². The maximum atomic E-state index is 13.1. The molecule has 0 saturated carbocycles. The minimum Gasteiger partial charge on any atom is -0.376 e. The Balaban J connectivity index is 1.86. The van der Waals surface area contributed by atoms with E-state index < -0.39 is 0 Å². The molecule has 1 heterocycles. The monoisotopic (exact) mass is 248 g/mol. The van der Waals surface area contributed by atoms with Crippen LogP contribution in [0.15, 0.2) is 18.2 Å². The number of nitriles is 1. The molecule has 0 unspecified atom stereocenters. The number of nitrogens with zero attached hydrogens (tertiary/aromatic N) is 1. The molecular weight excluding hydrogens is 231 g/mol. The van der Waals surface area contributed by atoms with Crippen LogP contribution in [0.1, 0.15) is 24.0 Å². The largest absolute Gasteiger partial charge is 0.376 e. The van der Waals surface area contributed by atoms with E-state index in [0.717, 1.165) is 25.9 Å². The molecule has 1 aliphatic rings. The fraction of sp³-hybridized carbons (Fsp3) is 0.500. The average Bonchev–Trinajstić information content (AvgIpc) is 2.40. The van der Waals surface area contributed by atoms with Gasteiger partial charge in [0.15, 0.2) is 0 Å². The third-order valence-electron chi connectivity index (χ3n) is 3.26. The number of ether oxygens (including phenoxy) is 1. The van der Waals surface area contributed by atoms with Crippen LogP contribution in [0.25, 0.3) is 0 Å². The molecule has 2 rings (SSSR count). The lowest BCUT2D eigenvalue weighted by Gasteiger charge is -2.22. The predicted octanol–water partition coefficient (Wildman–Crippen LogP) is 2.21. The molecule has 1 aromatic carbocycles. The predicted molar refractivity (Wildman–Crippen MR) is 66.4 cm³/mol. The normalized spacial score (nSPS) is 16.4. The van der Waals surface area contributed by atoms with Gasteiger partial charge in [-0.3, -0.25) is 0 Å². The van der Waals surface area contributed by atoms with Gasteiger partial charge in [0.25, 0.3) is 0 Å². The molecule has 0 spiro atoms. The molecule has 0 bridgehead atoms. The molecular formula is C14H17FN2O. The molecule has 0 radical (unpaired) electrons. The molecule has 1 aromatic rings. The summed E-state index contributed by atoms with van der Waals surface area (Å²) in [4.78, 5) is 0. The van der Waals surface area contributed by atoms with E-state index in [1.165, 1.54) is 18.2 Å². The van der Waals surface area contributed by atoms with Gasteiger partial charge in [-0.05, 0) is 55.6 Å². The van der Waals surface area contributed by atoms with E-state index in [4.69, 9.17) is 10.00 Å². The highest BCUT2D eigenvalue weighted by Crippen LogP contribution is 2.15. The minimum atomic E-state index is -0.325. The lowest BCUT2D eigenvalue weighted by Crippen LogP contribution is -2.29. The second-order valence-electron chi connectivity index (χ2n) is 4.62. The Morgan fingerprint density at radius 1 is 1.39 bits per heavy atom. The van der Waals surface area contributed by atoms with Gasteiger partial charge < -0.3 is 10.1 Å². The van der Waals surface area contributed by atoms with Crippen LogP contribution in [0.5, 0.6) is 0 Å². The Morgan fingerprint density at radius 3 is 2.89 bits per heavy atom. The van der Waals surface area contributed by atoms with Crippen LogP contribution in [0.2, 0.25) is 0 Å². The van der Waals surface area contributed by atoms with E-state index in [1.54, 1.807) is 0 Å². The molecule has 1 N–H and O–H groups in total. The van der Waals surface area contributed by atoms with Gasteiger partial charge in [0, 0.05) is 6.61 Å². The lowest BCUT2D eigenvalue weighted by molar-refractivity contribution is 0.0761. The molecule has 96 valence electrons. The standard InChI is InChI=1S/C14H17FN2O/c15-14-2-1-12(8-16)13(7-14)10-18-9-11-3-5-17-6-4-11/h1-2,7,11,17H,3-6,9-10H2. The highest BCUT2D eigenvalue weighted by Gasteiger charge is 2.13. The first-order valence-corrected chi connectivity index (χ1v) is 6.26. The van der Waals surface area contributed by atoms with E-state index in [2.05, 4.69) is 11.4 Å². The van der Waals surface area contributed by atoms with Crippen LogP contribution in [-0.4, -0.2) is 19.7 Å². The van der Waals surface area contributed by atoms with Crippen LogP contribution < -0.4 is 5.32 Å². The van der Waals surface area contributed by atoms with Gasteiger partial charge in [0.05, 0.1) is 18.2 Å². The zero-order valence-corrected chi connectivity index (χ0v) is 10.3. The number of piperidine rings is 1. The summed E-state index contributed by atoms with van der Waals surface area (Å²) in [5.41, 5.74) is 1.12. The molecule has 1 fully saturated rings. The summed E-state index contributed by atoms with van der Waals surface area (Å²) >= 11 is 0. The fourth-order valence-corrected chi connectivity index (χ4v) is 2.17. The highest BCUT2D eigenvalue weighted by molar-refractivity contribution is 5.37. The second kappa shape index (κ2) is 6.48. The number of nitrogens with one attached hydrogen (secondary N) is 1. The van der Waals surface area contributed by atoms with Gasteiger partial charge in [-0.1, -0.05) is 0 Å². The summed E-state index contributed by atoms with van der Waals surface area (Å²) < 4.78 is 18.7. The molecule has 3 nitrogen and oxygen atoms in total. The molecule has 18 heavy (non-hydrogen) atoms. The van der Waals surface area contributed by atoms with Gasteiger partial charge in [0.1, 0.15) is 5.82 Å². The SMILES string of the molecule is N#Cc1ccc(F)cc1COCC1CCNCC1. The van der Waals surface area contributed by atoms with Crippen molar-refractivity contribution in [2.24, 2.45) is 5.92 Å². The number of hydrogen-bond donors (Lipinski definition) is 1. The van der Waals surface area contributed by atoms with E-state index in [-0.39, 0.29) is 5.82 Å². The maximum Gasteiger partial charge on any atom is 0.123 e. The van der Waals surface area contributed by atoms with Gasteiger partial charge in [-0.25, -0.2) is 4.39 Å². The summed E-state index contributed by atoms with van der Waals surface area (Å²) in [6, 6.07) is 6.23. The zero-order valence-electron chi connectivity index (χ0n) is 10.3. The second-order valence-corrected chi connectivity index (χ2v) is 4.62. The van der Waals surface area contributed by atoms with Crippen LogP contribution in [0.4, 0.5) is 4.39 Å². The Kier molecular flexibility index (Phi) is 4.68. The fourth-order valence-electron chi connectivity index (χ4n) is 2.17. The van der Waals surface area contributed by atoms with Crippen molar-refractivity contribution in [1.29, 1.82) is 5.26 Å². The van der Waals surface area contributed by atoms with Crippen LogP contribution in [0.3, 0.4) is 0 Å². The van der Waals surface area contributed by atoms with Crippen molar-refractivity contribution in [3.8, 4) is 6.07 Å². The van der Waals surface area contributed by atoms with Crippen molar-refractivity contribution in [2.45, 2.75) is 19.4 Å². The molecule has 0 amide bonds. The summed E-state index contributed by atoms with van der Waals surface area (Å²) in [6.45, 7) is 3.07. The van der Waals surface area contributed by atoms with E-state index >= 15 is 0 Å². The van der Waals surface area contributed by atoms with Crippen LogP contribution >= 0.6 is 0 Å². The summed E-state index contributed by atoms with van der Waals surface area (Å²) in [5, 5.41) is 12.2. The summed E-state index contributed by atoms with van der Waals surface area (Å²) in [6.07, 6.45) is 2.24. The molecule has 0 aromatic heterocycles. The third-order valence-corrected chi connectivity index (χ3v) is 3.26. The van der Waals surface area contributed by atoms with E-state index in [0.29, 0.717) is 30.3 Å². The number of hydrogen-bond acceptors (Lipinski definition) is 3. The van der Waals surface area contributed by atoms with E-state index in [1.807, 2.05) is 0 Å². The van der Waals surface area contributed by atoms with Crippen LogP contribution in [0, 0.1) is 23.1 Å². The maximum absolute atomic E-state index is 13.1. The average molecular weight is 248 g/mol. The topological polar surface area (TPSA) is 45.0 Å². The summed E-state index contributed by atoms with van der Waals surface area (Å²) in [5.74, 6) is 0.250. The van der Waals surface area contributed by atoms with E-state index in [9.17, 15) is 4.39 Å². The van der Waals surface area contributed by atoms with Crippen molar-refractivity contribution in [2.75, 3.05) is 19.7 Å². The Hall–Kier alpha value is -1.44. The van der Waals surface area contributed by atoms with Crippen LogP contribution in [-0.2, 0) is 11.3 Å². The smallest absolute Gasteiger partial charge is 0.123 e. The number of halogens is 1. The van der Waals surface area contributed by atoms with Gasteiger partial charge >= 0.3 is 0 Å².